The van der Waals surface area contributed by atoms with E-state index >= 15 is 0 Å². The lowest BCUT2D eigenvalue weighted by molar-refractivity contribution is 0.0696. The first kappa shape index (κ1) is 26.4. The van der Waals surface area contributed by atoms with Crippen molar-refractivity contribution in [3.63, 3.8) is 0 Å². The van der Waals surface area contributed by atoms with Crippen LogP contribution in [-0.4, -0.2) is 42.3 Å². The number of aryl methyl sites for hydroxylation is 1. The molecule has 0 radical (unpaired) electrons. The molecule has 0 atom stereocenters. The minimum absolute atomic E-state index is 0.259. The van der Waals surface area contributed by atoms with Gasteiger partial charge in [-0.25, -0.2) is 4.79 Å². The Hall–Kier alpha value is -3.21. The van der Waals surface area contributed by atoms with Crippen LogP contribution in [-0.2, 0) is 6.42 Å². The van der Waals surface area contributed by atoms with Gasteiger partial charge >= 0.3 is 5.97 Å². The largest absolute Gasteiger partial charge is 0.478 e. The number of benzene rings is 3. The predicted octanol–water partition coefficient (Wildman–Crippen LogP) is 8.01. The van der Waals surface area contributed by atoms with Crippen molar-refractivity contribution in [1.82, 2.24) is 4.90 Å². The van der Waals surface area contributed by atoms with Crippen LogP contribution in [0.3, 0.4) is 0 Å². The van der Waals surface area contributed by atoms with E-state index in [-0.39, 0.29) is 6.67 Å². The molecular weight excluding hydrogens is 497 g/mol. The number of fused-ring (bicyclic) bond motifs is 1. The summed E-state index contributed by atoms with van der Waals surface area (Å²) in [6.45, 7) is 6.57. The van der Waals surface area contributed by atoms with Crippen molar-refractivity contribution < 1.29 is 14.3 Å². The van der Waals surface area contributed by atoms with E-state index in [0.717, 1.165) is 71.7 Å². The third kappa shape index (κ3) is 5.34. The second-order valence-electron chi connectivity index (χ2n) is 10.4. The van der Waals surface area contributed by atoms with Crippen LogP contribution >= 0.6 is 11.6 Å². The van der Waals surface area contributed by atoms with E-state index in [1.165, 1.54) is 27.8 Å². The van der Waals surface area contributed by atoms with Gasteiger partial charge in [0.2, 0.25) is 0 Å². The van der Waals surface area contributed by atoms with Gasteiger partial charge in [-0.3, -0.25) is 9.29 Å². The molecule has 196 valence electrons. The molecule has 1 aliphatic heterocycles. The number of allylic oxidation sites excluding steroid dienone is 1. The van der Waals surface area contributed by atoms with Crippen LogP contribution < -0.4 is 0 Å². The third-order valence-corrected chi connectivity index (χ3v) is 8.28. The molecule has 0 spiro atoms. The maximum Gasteiger partial charge on any atom is 0.335 e. The Morgan fingerprint density at radius 3 is 2.45 bits per heavy atom. The molecule has 38 heavy (non-hydrogen) atoms. The average molecular weight is 530 g/mol. The van der Waals surface area contributed by atoms with Gasteiger partial charge in [-0.2, -0.15) is 0 Å². The highest BCUT2D eigenvalue weighted by molar-refractivity contribution is 6.31. The fourth-order valence-corrected chi connectivity index (χ4v) is 5.88. The van der Waals surface area contributed by atoms with Gasteiger partial charge in [0.25, 0.3) is 0 Å². The van der Waals surface area contributed by atoms with Gasteiger partial charge in [0.1, 0.15) is 0 Å². The van der Waals surface area contributed by atoms with Crippen molar-refractivity contribution in [3.8, 4) is 0 Å². The fraction of sp³-hybridized carbons (Fsp3) is 0.303. The Morgan fingerprint density at radius 2 is 1.74 bits per heavy atom. The normalized spacial score (nSPS) is 15.6. The molecular formula is C33H33ClFNO2. The topological polar surface area (TPSA) is 40.5 Å². The van der Waals surface area contributed by atoms with Crippen molar-refractivity contribution in [1.29, 1.82) is 0 Å². The summed E-state index contributed by atoms with van der Waals surface area (Å²) < 4.78 is 12.4. The molecule has 0 aromatic heterocycles. The molecule has 0 bridgehead atoms. The Morgan fingerprint density at radius 1 is 1.00 bits per heavy atom. The molecule has 1 heterocycles. The molecule has 1 aliphatic carbocycles. The summed E-state index contributed by atoms with van der Waals surface area (Å²) in [5.74, 6) is -0.899. The van der Waals surface area contributed by atoms with Crippen LogP contribution in [0.4, 0.5) is 4.39 Å². The second kappa shape index (κ2) is 11.3. The molecule has 5 rings (SSSR count). The first-order valence-electron chi connectivity index (χ1n) is 13.3. The molecule has 5 heteroatoms. The Balaban J connectivity index is 1.57. The van der Waals surface area contributed by atoms with Gasteiger partial charge in [0.05, 0.1) is 12.2 Å². The quantitative estimate of drug-likeness (QED) is 0.337. The SMILES string of the molecule is Cc1c(Cl)ccc(C2=C(c3ccc(C=C4CN(CCCF)C4)cc3)c3ccc(C(=O)O)cc3CCC2)c1C. The van der Waals surface area contributed by atoms with Crippen LogP contribution in [0.1, 0.15) is 68.6 Å². The van der Waals surface area contributed by atoms with Gasteiger partial charge in [-0.1, -0.05) is 54.1 Å². The van der Waals surface area contributed by atoms with Crippen LogP contribution in [0.2, 0.25) is 5.02 Å². The van der Waals surface area contributed by atoms with Crippen molar-refractivity contribution in [2.24, 2.45) is 0 Å². The number of hydrogen-bond donors (Lipinski definition) is 1. The molecule has 1 fully saturated rings. The number of hydrogen-bond acceptors (Lipinski definition) is 2. The van der Waals surface area contributed by atoms with E-state index < -0.39 is 5.97 Å². The number of rotatable bonds is 7. The van der Waals surface area contributed by atoms with E-state index in [2.05, 4.69) is 55.2 Å². The molecule has 1 saturated heterocycles. The highest BCUT2D eigenvalue weighted by atomic mass is 35.5. The van der Waals surface area contributed by atoms with Crippen molar-refractivity contribution in [2.45, 2.75) is 39.5 Å². The van der Waals surface area contributed by atoms with Crippen molar-refractivity contribution in [3.05, 3.63) is 110 Å². The number of carbonyl (C=O) groups is 1. The van der Waals surface area contributed by atoms with Crippen LogP contribution in [0.5, 0.6) is 0 Å². The summed E-state index contributed by atoms with van der Waals surface area (Å²) in [5, 5.41) is 10.4. The van der Waals surface area contributed by atoms with Crippen LogP contribution in [0.25, 0.3) is 17.2 Å². The molecule has 1 N–H and O–H groups in total. The van der Waals surface area contributed by atoms with Gasteiger partial charge in [0, 0.05) is 24.7 Å². The Labute approximate surface area is 229 Å². The van der Waals surface area contributed by atoms with Crippen LogP contribution in [0.15, 0.2) is 60.2 Å². The number of carboxylic acid groups (broad SMARTS) is 1. The van der Waals surface area contributed by atoms with E-state index in [9.17, 15) is 14.3 Å². The summed E-state index contributed by atoms with van der Waals surface area (Å²) in [5.41, 5.74) is 12.1. The van der Waals surface area contributed by atoms with Gasteiger partial charge in [-0.05, 0) is 113 Å². The number of nitrogens with zero attached hydrogens (tertiary/aromatic N) is 1. The van der Waals surface area contributed by atoms with Gasteiger partial charge < -0.3 is 5.11 Å². The van der Waals surface area contributed by atoms with E-state index in [1.807, 2.05) is 18.2 Å². The lowest BCUT2D eigenvalue weighted by atomic mass is 9.85. The summed E-state index contributed by atoms with van der Waals surface area (Å²) in [6.07, 6.45) is 5.51. The zero-order valence-corrected chi connectivity index (χ0v) is 22.7. The highest BCUT2D eigenvalue weighted by Gasteiger charge is 2.23. The molecule has 3 nitrogen and oxygen atoms in total. The summed E-state index contributed by atoms with van der Waals surface area (Å²) >= 11 is 6.45. The minimum atomic E-state index is -0.899. The molecule has 3 aromatic rings. The van der Waals surface area contributed by atoms with Crippen molar-refractivity contribution in [2.75, 3.05) is 26.3 Å². The highest BCUT2D eigenvalue weighted by Crippen LogP contribution is 2.42. The summed E-state index contributed by atoms with van der Waals surface area (Å²) in [6, 6.07) is 18.3. The monoisotopic (exact) mass is 529 g/mol. The number of alkyl halides is 1. The average Bonchev–Trinajstić information content (AvgIpc) is 3.08. The van der Waals surface area contributed by atoms with E-state index in [0.29, 0.717) is 12.0 Å². The standard InChI is InChI=1S/C33H33ClFNO2/c1-21-22(2)31(34)14-13-28(21)30-6-3-5-26-18-27(33(37)38)11-12-29(26)32(30)25-9-7-23(8-10-25)17-24-19-36(20-24)16-4-15-35/h7-14,17-18H,3-6,15-16,19-20H2,1-2H3,(H,37,38). The van der Waals surface area contributed by atoms with E-state index in [1.54, 1.807) is 6.07 Å². The van der Waals surface area contributed by atoms with Crippen molar-refractivity contribution >= 4 is 34.8 Å². The predicted molar refractivity (Wildman–Crippen MR) is 155 cm³/mol. The summed E-state index contributed by atoms with van der Waals surface area (Å²) in [7, 11) is 0. The lowest BCUT2D eigenvalue weighted by Crippen LogP contribution is -2.40. The second-order valence-corrected chi connectivity index (χ2v) is 10.8. The van der Waals surface area contributed by atoms with Gasteiger partial charge in [-0.15, -0.1) is 0 Å². The number of aromatic carboxylic acids is 1. The minimum Gasteiger partial charge on any atom is -0.478 e. The van der Waals surface area contributed by atoms with E-state index in [4.69, 9.17) is 11.6 Å². The Kier molecular flexibility index (Phi) is 7.83. The molecule has 0 unspecified atom stereocenters. The first-order chi connectivity index (χ1) is 18.4. The number of likely N-dealkylation sites (tertiary alicyclic amines) is 1. The summed E-state index contributed by atoms with van der Waals surface area (Å²) in [4.78, 5) is 14.0. The zero-order chi connectivity index (χ0) is 26.8. The number of halogens is 2. The third-order valence-electron chi connectivity index (χ3n) is 7.87. The molecule has 0 amide bonds. The lowest BCUT2D eigenvalue weighted by Gasteiger charge is -2.33. The molecule has 2 aliphatic rings. The smallest absolute Gasteiger partial charge is 0.335 e. The molecule has 3 aromatic carbocycles. The number of carboxylic acids is 1. The van der Waals surface area contributed by atoms with Crippen LogP contribution in [0, 0.1) is 13.8 Å². The maximum absolute atomic E-state index is 12.4. The zero-order valence-electron chi connectivity index (χ0n) is 22.0. The van der Waals surface area contributed by atoms with Gasteiger partial charge in [0.15, 0.2) is 0 Å². The molecule has 0 saturated carbocycles. The first-order valence-corrected chi connectivity index (χ1v) is 13.7. The Bertz CT molecular complexity index is 1430. The fourth-order valence-electron chi connectivity index (χ4n) is 5.68. The maximum atomic E-state index is 12.4.